The van der Waals surface area contributed by atoms with Crippen LogP contribution in [0.25, 0.3) is 10.9 Å². The number of nitrogens with zero attached hydrogens (tertiary/aromatic N) is 1. The zero-order valence-electron chi connectivity index (χ0n) is 9.76. The van der Waals surface area contributed by atoms with E-state index in [2.05, 4.69) is 35.8 Å². The summed E-state index contributed by atoms with van der Waals surface area (Å²) in [5.41, 5.74) is 2.49. The van der Waals surface area contributed by atoms with Crippen molar-refractivity contribution in [3.8, 4) is 0 Å². The molecule has 3 nitrogen and oxygen atoms in total. The fraction of sp³-hybridized carbons (Fsp3) is 0.214. The Hall–Kier alpha value is -2.03. The van der Waals surface area contributed by atoms with Crippen molar-refractivity contribution in [2.24, 2.45) is 0 Å². The molecule has 0 bridgehead atoms. The lowest BCUT2D eigenvalue weighted by Crippen LogP contribution is -1.97. The average Bonchev–Trinajstić information content (AvgIpc) is 2.72. The summed E-state index contributed by atoms with van der Waals surface area (Å²) in [6.45, 7) is 2.71. The molecule has 1 heterocycles. The number of aryl methyl sites for hydroxylation is 1. The van der Waals surface area contributed by atoms with E-state index >= 15 is 0 Å². The van der Waals surface area contributed by atoms with Crippen LogP contribution >= 0.6 is 0 Å². The number of aliphatic carboxylic acids is 1. The highest BCUT2D eigenvalue weighted by atomic mass is 16.4. The van der Waals surface area contributed by atoms with Gasteiger partial charge in [0.1, 0.15) is 0 Å². The van der Waals surface area contributed by atoms with Crippen molar-refractivity contribution in [2.45, 2.75) is 19.9 Å². The van der Waals surface area contributed by atoms with Gasteiger partial charge in [-0.3, -0.25) is 0 Å². The largest absolute Gasteiger partial charge is 0.478 e. The second-order valence-electron chi connectivity index (χ2n) is 3.92. The van der Waals surface area contributed by atoms with E-state index < -0.39 is 5.97 Å². The van der Waals surface area contributed by atoms with Gasteiger partial charge in [0.15, 0.2) is 0 Å². The molecule has 0 fully saturated rings. The Labute approximate surface area is 100.0 Å². The van der Waals surface area contributed by atoms with Crippen LogP contribution in [0.5, 0.6) is 0 Å². The van der Waals surface area contributed by atoms with E-state index in [4.69, 9.17) is 5.11 Å². The Morgan fingerprint density at radius 2 is 2.24 bits per heavy atom. The molecule has 0 spiro atoms. The number of rotatable bonds is 4. The van der Waals surface area contributed by atoms with Gasteiger partial charge < -0.3 is 9.67 Å². The maximum Gasteiger partial charge on any atom is 0.328 e. The van der Waals surface area contributed by atoms with Gasteiger partial charge >= 0.3 is 5.97 Å². The number of para-hydroxylation sites is 1. The summed E-state index contributed by atoms with van der Waals surface area (Å²) in [6, 6.07) is 8.30. The van der Waals surface area contributed by atoms with E-state index in [1.54, 1.807) is 6.08 Å². The van der Waals surface area contributed by atoms with Crippen molar-refractivity contribution in [3.63, 3.8) is 0 Å². The summed E-state index contributed by atoms with van der Waals surface area (Å²) in [5.74, 6) is -0.905. The SMILES string of the molecule is CCc1cccc2ccn(CC=CC(=O)O)c12. The summed E-state index contributed by atoms with van der Waals surface area (Å²) < 4.78 is 2.08. The van der Waals surface area contributed by atoms with Gasteiger partial charge in [0.25, 0.3) is 0 Å². The quantitative estimate of drug-likeness (QED) is 0.819. The molecule has 17 heavy (non-hydrogen) atoms. The number of carboxylic acid groups (broad SMARTS) is 1. The molecule has 0 unspecified atom stereocenters. The van der Waals surface area contributed by atoms with Gasteiger partial charge in [-0.2, -0.15) is 0 Å². The minimum Gasteiger partial charge on any atom is -0.478 e. The topological polar surface area (TPSA) is 42.2 Å². The van der Waals surface area contributed by atoms with Gasteiger partial charge in [0.05, 0.1) is 5.52 Å². The summed E-state index contributed by atoms with van der Waals surface area (Å²) in [4.78, 5) is 10.4. The molecule has 0 aliphatic heterocycles. The van der Waals surface area contributed by atoms with Crippen LogP contribution < -0.4 is 0 Å². The third kappa shape index (κ3) is 2.38. The molecule has 0 amide bonds. The van der Waals surface area contributed by atoms with E-state index in [0.717, 1.165) is 6.42 Å². The standard InChI is InChI=1S/C14H15NO2/c1-2-11-5-3-6-12-8-10-15(14(11)12)9-4-7-13(16)17/h3-8,10H,2,9H2,1H3,(H,16,17). The van der Waals surface area contributed by atoms with Crippen molar-refractivity contribution in [1.82, 2.24) is 4.57 Å². The Kier molecular flexibility index (Phi) is 3.28. The average molecular weight is 229 g/mol. The highest BCUT2D eigenvalue weighted by Gasteiger charge is 2.03. The first-order valence-corrected chi connectivity index (χ1v) is 5.68. The third-order valence-corrected chi connectivity index (χ3v) is 2.82. The number of hydrogen-bond acceptors (Lipinski definition) is 1. The number of carbonyl (C=O) groups is 1. The van der Waals surface area contributed by atoms with Gasteiger partial charge in [-0.15, -0.1) is 0 Å². The van der Waals surface area contributed by atoms with Crippen LogP contribution in [-0.4, -0.2) is 15.6 Å². The Morgan fingerprint density at radius 1 is 1.41 bits per heavy atom. The van der Waals surface area contributed by atoms with Crippen molar-refractivity contribution >= 4 is 16.9 Å². The second-order valence-corrected chi connectivity index (χ2v) is 3.92. The monoisotopic (exact) mass is 229 g/mol. The zero-order chi connectivity index (χ0) is 12.3. The van der Waals surface area contributed by atoms with Crippen molar-refractivity contribution in [1.29, 1.82) is 0 Å². The number of allylic oxidation sites excluding steroid dienone is 1. The summed E-state index contributed by atoms with van der Waals surface area (Å²) >= 11 is 0. The van der Waals surface area contributed by atoms with Crippen LogP contribution in [0.3, 0.4) is 0 Å². The van der Waals surface area contributed by atoms with Gasteiger partial charge in [0, 0.05) is 18.8 Å². The molecule has 0 radical (unpaired) electrons. The molecule has 2 rings (SSSR count). The van der Waals surface area contributed by atoms with Crippen molar-refractivity contribution in [2.75, 3.05) is 0 Å². The minimum absolute atomic E-state index is 0.590. The summed E-state index contributed by atoms with van der Waals surface area (Å²) in [7, 11) is 0. The number of hydrogen-bond donors (Lipinski definition) is 1. The molecule has 1 aromatic heterocycles. The van der Waals surface area contributed by atoms with Crippen LogP contribution in [0.15, 0.2) is 42.6 Å². The van der Waals surface area contributed by atoms with E-state index in [9.17, 15) is 4.79 Å². The number of fused-ring (bicyclic) bond motifs is 1. The molecule has 0 saturated carbocycles. The van der Waals surface area contributed by atoms with Gasteiger partial charge in [0.2, 0.25) is 0 Å². The van der Waals surface area contributed by atoms with E-state index in [1.807, 2.05) is 6.20 Å². The molecule has 0 atom stereocenters. The first-order valence-electron chi connectivity index (χ1n) is 5.68. The Morgan fingerprint density at radius 3 is 2.94 bits per heavy atom. The van der Waals surface area contributed by atoms with Gasteiger partial charge in [-0.25, -0.2) is 4.79 Å². The molecule has 1 N–H and O–H groups in total. The lowest BCUT2D eigenvalue weighted by molar-refractivity contribution is -0.131. The predicted octanol–water partition coefficient (Wildman–Crippen LogP) is 2.84. The molecular weight excluding hydrogens is 214 g/mol. The normalized spacial score (nSPS) is 11.4. The van der Waals surface area contributed by atoms with Crippen LogP contribution in [-0.2, 0) is 17.8 Å². The molecule has 0 saturated heterocycles. The maximum absolute atomic E-state index is 10.4. The number of aromatic nitrogens is 1. The van der Waals surface area contributed by atoms with Gasteiger partial charge in [-0.05, 0) is 23.4 Å². The highest BCUT2D eigenvalue weighted by molar-refractivity contribution is 5.83. The molecule has 88 valence electrons. The fourth-order valence-corrected chi connectivity index (χ4v) is 2.05. The lowest BCUT2D eigenvalue weighted by atomic mass is 10.1. The molecule has 3 heteroatoms. The first-order chi connectivity index (χ1) is 8.22. The lowest BCUT2D eigenvalue weighted by Gasteiger charge is -2.06. The molecule has 0 aliphatic rings. The zero-order valence-corrected chi connectivity index (χ0v) is 9.76. The minimum atomic E-state index is -0.905. The maximum atomic E-state index is 10.4. The van der Waals surface area contributed by atoms with Crippen molar-refractivity contribution in [3.05, 3.63) is 48.2 Å². The fourth-order valence-electron chi connectivity index (χ4n) is 2.05. The Bertz CT molecular complexity index is 567. The molecular formula is C14H15NO2. The molecule has 2 aromatic rings. The van der Waals surface area contributed by atoms with E-state index in [1.165, 1.54) is 22.5 Å². The third-order valence-electron chi connectivity index (χ3n) is 2.82. The smallest absolute Gasteiger partial charge is 0.328 e. The molecule has 1 aromatic carbocycles. The number of carboxylic acids is 1. The predicted molar refractivity (Wildman–Crippen MR) is 68.1 cm³/mol. The van der Waals surface area contributed by atoms with Gasteiger partial charge in [-0.1, -0.05) is 31.2 Å². The first kappa shape index (κ1) is 11.5. The molecule has 0 aliphatic carbocycles. The van der Waals surface area contributed by atoms with Crippen LogP contribution in [0.1, 0.15) is 12.5 Å². The number of benzene rings is 1. The van der Waals surface area contributed by atoms with Crippen LogP contribution in [0.2, 0.25) is 0 Å². The Balaban J connectivity index is 2.37. The second kappa shape index (κ2) is 4.87. The summed E-state index contributed by atoms with van der Waals surface area (Å²) in [5, 5.41) is 9.76. The summed E-state index contributed by atoms with van der Waals surface area (Å²) in [6.07, 6.45) is 5.81. The highest BCUT2D eigenvalue weighted by Crippen LogP contribution is 2.20. The van der Waals surface area contributed by atoms with Crippen LogP contribution in [0, 0.1) is 0 Å². The van der Waals surface area contributed by atoms with Crippen LogP contribution in [0.4, 0.5) is 0 Å². The van der Waals surface area contributed by atoms with Crippen molar-refractivity contribution < 1.29 is 9.90 Å². The van der Waals surface area contributed by atoms with E-state index in [-0.39, 0.29) is 0 Å². The van der Waals surface area contributed by atoms with E-state index in [0.29, 0.717) is 6.54 Å².